The fraction of sp³-hybridized carbons (Fsp3) is 0.286. The third-order valence-corrected chi connectivity index (χ3v) is 3.15. The second kappa shape index (κ2) is 7.55. The maximum absolute atomic E-state index is 14.1. The van der Waals surface area contributed by atoms with Gasteiger partial charge in [0, 0.05) is 0 Å². The van der Waals surface area contributed by atoms with E-state index in [9.17, 15) is 26.3 Å². The Morgan fingerprint density at radius 2 is 1.96 bits per heavy atom. The minimum Gasteiger partial charge on any atom is -0.466 e. The van der Waals surface area contributed by atoms with E-state index in [1.165, 1.54) is 19.1 Å². The molecule has 6 nitrogen and oxygen atoms in total. The number of halogens is 7. The Bertz CT molecular complexity index is 915. The first-order valence-corrected chi connectivity index (χ1v) is 7.34. The minimum absolute atomic E-state index is 0.00106. The predicted molar refractivity (Wildman–Crippen MR) is 83.9 cm³/mol. The molecule has 27 heavy (non-hydrogen) atoms. The van der Waals surface area contributed by atoms with Gasteiger partial charge in [0.2, 0.25) is 11.7 Å². The highest BCUT2D eigenvalue weighted by molar-refractivity contribution is 6.21. The maximum atomic E-state index is 14.1. The SMILES string of the molecule is C=N/C(OCC(F)(F)F)=C(F)\C=C(/C)c1ccc2nnc(C(F)(F)Cl)n2n1. The van der Waals surface area contributed by atoms with E-state index >= 15 is 0 Å². The number of hydrogen-bond donors (Lipinski definition) is 0. The predicted octanol–water partition coefficient (Wildman–Crippen LogP) is 4.23. The highest BCUT2D eigenvalue weighted by Gasteiger charge is 2.35. The summed E-state index contributed by atoms with van der Waals surface area (Å²) in [6.45, 7) is 2.50. The Kier molecular flexibility index (Phi) is 5.78. The van der Waals surface area contributed by atoms with Gasteiger partial charge in [0.1, 0.15) is 0 Å². The molecule has 0 aliphatic heterocycles. The largest absolute Gasteiger partial charge is 0.466 e. The lowest BCUT2D eigenvalue weighted by atomic mass is 10.2. The summed E-state index contributed by atoms with van der Waals surface area (Å²) >= 11 is 4.92. The smallest absolute Gasteiger partial charge is 0.422 e. The molecule has 0 atom stereocenters. The van der Waals surface area contributed by atoms with Crippen molar-refractivity contribution in [2.45, 2.75) is 18.5 Å². The zero-order valence-corrected chi connectivity index (χ0v) is 14.2. The number of rotatable bonds is 6. The van der Waals surface area contributed by atoms with E-state index < -0.39 is 35.7 Å². The second-order valence-corrected chi connectivity index (χ2v) is 5.53. The Morgan fingerprint density at radius 3 is 2.52 bits per heavy atom. The summed E-state index contributed by atoms with van der Waals surface area (Å²) in [5.41, 5.74) is 0.0161. The number of fused-ring (bicyclic) bond motifs is 1. The van der Waals surface area contributed by atoms with Crippen LogP contribution in [-0.4, -0.2) is 39.3 Å². The topological polar surface area (TPSA) is 64.7 Å². The molecular weight excluding hydrogens is 404 g/mol. The van der Waals surface area contributed by atoms with Gasteiger partial charge < -0.3 is 4.74 Å². The minimum atomic E-state index is -4.70. The van der Waals surface area contributed by atoms with E-state index in [0.717, 1.165) is 6.08 Å². The first-order chi connectivity index (χ1) is 12.4. The number of alkyl halides is 6. The fourth-order valence-corrected chi connectivity index (χ4v) is 1.96. The maximum Gasteiger partial charge on any atom is 0.422 e. The van der Waals surface area contributed by atoms with Crippen molar-refractivity contribution >= 4 is 29.5 Å². The summed E-state index contributed by atoms with van der Waals surface area (Å²) in [6.07, 6.45) is -3.93. The summed E-state index contributed by atoms with van der Waals surface area (Å²) in [4.78, 5) is 3.05. The number of allylic oxidation sites excluding steroid dienone is 3. The van der Waals surface area contributed by atoms with Gasteiger partial charge in [-0.15, -0.1) is 10.2 Å². The van der Waals surface area contributed by atoms with Gasteiger partial charge in [-0.3, -0.25) is 0 Å². The summed E-state index contributed by atoms with van der Waals surface area (Å²) in [5.74, 6) is -3.20. The van der Waals surface area contributed by atoms with Gasteiger partial charge in [0.05, 0.1) is 5.69 Å². The van der Waals surface area contributed by atoms with Crippen molar-refractivity contribution in [3.63, 3.8) is 0 Å². The third kappa shape index (κ3) is 5.18. The second-order valence-electron chi connectivity index (χ2n) is 5.05. The lowest BCUT2D eigenvalue weighted by Gasteiger charge is -2.09. The van der Waals surface area contributed by atoms with E-state index in [2.05, 4.69) is 31.7 Å². The molecule has 0 aromatic carbocycles. The van der Waals surface area contributed by atoms with Gasteiger partial charge in [-0.05, 0) is 49.0 Å². The molecular formula is C14H10ClF6N5O. The fourth-order valence-electron chi connectivity index (χ4n) is 1.84. The summed E-state index contributed by atoms with van der Waals surface area (Å²) in [6, 6.07) is 2.59. The summed E-state index contributed by atoms with van der Waals surface area (Å²) < 4.78 is 82.0. The van der Waals surface area contributed by atoms with Crippen molar-refractivity contribution < 1.29 is 31.1 Å². The van der Waals surface area contributed by atoms with Crippen LogP contribution in [0.1, 0.15) is 18.4 Å². The van der Waals surface area contributed by atoms with Crippen LogP contribution in [0.5, 0.6) is 0 Å². The monoisotopic (exact) mass is 413 g/mol. The van der Waals surface area contributed by atoms with Crippen LogP contribution < -0.4 is 0 Å². The van der Waals surface area contributed by atoms with E-state index in [-0.39, 0.29) is 16.9 Å². The van der Waals surface area contributed by atoms with Gasteiger partial charge in [-0.2, -0.15) is 31.6 Å². The molecule has 0 aliphatic carbocycles. The molecule has 0 fully saturated rings. The van der Waals surface area contributed by atoms with E-state index in [1.807, 2.05) is 0 Å². The number of aliphatic imine (C=N–C) groups is 1. The standard InChI is InChI=1S/C14H10ClF6N5O/c1-7(5-8(16)11(22-2)27-6-13(17,18)19)9-3-4-10-23-24-12(14(15,20)21)26(10)25-9/h3-5H,2,6H2,1H3/b7-5+,11-8-. The average Bonchev–Trinajstić information content (AvgIpc) is 2.97. The Labute approximate surface area is 152 Å². The first kappa shape index (κ1) is 20.7. The normalized spacial score (nSPS) is 14.3. The van der Waals surface area contributed by atoms with Crippen molar-refractivity contribution in [2.24, 2.45) is 4.99 Å². The lowest BCUT2D eigenvalue weighted by molar-refractivity contribution is -0.165. The third-order valence-electron chi connectivity index (χ3n) is 2.98. The molecule has 0 aliphatic rings. The zero-order valence-electron chi connectivity index (χ0n) is 13.4. The number of ether oxygens (including phenoxy) is 1. The van der Waals surface area contributed by atoms with Gasteiger partial charge in [0.15, 0.2) is 18.1 Å². The number of hydrogen-bond acceptors (Lipinski definition) is 5. The van der Waals surface area contributed by atoms with Crippen LogP contribution in [0.4, 0.5) is 26.3 Å². The van der Waals surface area contributed by atoms with E-state index in [1.54, 1.807) is 0 Å². The Morgan fingerprint density at radius 1 is 1.30 bits per heavy atom. The van der Waals surface area contributed by atoms with E-state index in [4.69, 9.17) is 11.6 Å². The molecule has 2 heterocycles. The highest BCUT2D eigenvalue weighted by Crippen LogP contribution is 2.31. The zero-order chi connectivity index (χ0) is 20.4. The molecule has 2 aromatic heterocycles. The van der Waals surface area contributed by atoms with Crippen molar-refractivity contribution in [3.05, 3.63) is 41.4 Å². The molecule has 0 spiro atoms. The molecule has 0 saturated heterocycles. The van der Waals surface area contributed by atoms with Crippen LogP contribution >= 0.6 is 11.6 Å². The Hall–Kier alpha value is -2.63. The molecule has 0 unspecified atom stereocenters. The summed E-state index contributed by atoms with van der Waals surface area (Å²) in [5, 5.41) is 6.68. The lowest BCUT2D eigenvalue weighted by Crippen LogP contribution is -2.16. The highest BCUT2D eigenvalue weighted by atomic mass is 35.5. The first-order valence-electron chi connectivity index (χ1n) is 6.97. The molecule has 146 valence electrons. The van der Waals surface area contributed by atoms with Crippen LogP contribution in [0, 0.1) is 0 Å². The van der Waals surface area contributed by atoms with Crippen LogP contribution in [0.25, 0.3) is 11.2 Å². The molecule has 13 heteroatoms. The molecule has 2 rings (SSSR count). The van der Waals surface area contributed by atoms with Crippen molar-refractivity contribution in [1.82, 2.24) is 19.8 Å². The van der Waals surface area contributed by atoms with Gasteiger partial charge in [0.25, 0.3) is 0 Å². The molecule has 0 radical (unpaired) electrons. The Balaban J connectivity index is 2.39. The van der Waals surface area contributed by atoms with Crippen LogP contribution in [0.15, 0.2) is 34.9 Å². The van der Waals surface area contributed by atoms with Crippen LogP contribution in [-0.2, 0) is 10.1 Å². The number of nitrogens with zero attached hydrogens (tertiary/aromatic N) is 5. The number of aromatic nitrogens is 4. The molecule has 2 aromatic rings. The van der Waals surface area contributed by atoms with Crippen LogP contribution in [0.3, 0.4) is 0 Å². The molecule has 0 amide bonds. The quantitative estimate of drug-likeness (QED) is 0.234. The van der Waals surface area contributed by atoms with Crippen molar-refractivity contribution in [2.75, 3.05) is 6.61 Å². The molecule has 0 bridgehead atoms. The van der Waals surface area contributed by atoms with Crippen molar-refractivity contribution in [1.29, 1.82) is 0 Å². The van der Waals surface area contributed by atoms with Gasteiger partial charge in [-0.25, -0.2) is 9.38 Å². The summed E-state index contributed by atoms with van der Waals surface area (Å²) in [7, 11) is 0. The molecule has 0 N–H and O–H groups in total. The van der Waals surface area contributed by atoms with Gasteiger partial charge >= 0.3 is 11.6 Å². The van der Waals surface area contributed by atoms with Crippen LogP contribution in [0.2, 0.25) is 0 Å². The van der Waals surface area contributed by atoms with Gasteiger partial charge in [-0.1, -0.05) is 0 Å². The molecule has 0 saturated carbocycles. The van der Waals surface area contributed by atoms with E-state index in [0.29, 0.717) is 4.52 Å². The van der Waals surface area contributed by atoms with Crippen molar-refractivity contribution in [3.8, 4) is 0 Å². The average molecular weight is 414 g/mol.